The molecule has 4 nitrogen and oxygen atoms in total. The summed E-state index contributed by atoms with van der Waals surface area (Å²) in [7, 11) is 0. The van der Waals surface area contributed by atoms with Gasteiger partial charge in [0.05, 0.1) is 5.39 Å². The fourth-order valence-corrected chi connectivity index (χ4v) is 2.39. The zero-order valence-electron chi connectivity index (χ0n) is 14.5. The summed E-state index contributed by atoms with van der Waals surface area (Å²) in [6.45, 7) is 6.23. The first-order valence-electron chi connectivity index (χ1n) is 8.11. The Labute approximate surface area is 146 Å². The van der Waals surface area contributed by atoms with Crippen LogP contribution >= 0.6 is 0 Å². The van der Waals surface area contributed by atoms with Gasteiger partial charge in [-0.25, -0.2) is 0 Å². The van der Waals surface area contributed by atoms with Crippen LogP contribution in [0.3, 0.4) is 0 Å². The van der Waals surface area contributed by atoms with E-state index in [9.17, 15) is 4.79 Å². The lowest BCUT2D eigenvalue weighted by molar-refractivity contribution is 0.361. The highest BCUT2D eigenvalue weighted by atomic mass is 16.5. The quantitative estimate of drug-likeness (QED) is 0.598. The third-order valence-electron chi connectivity index (χ3n) is 3.69. The van der Waals surface area contributed by atoms with Crippen LogP contribution in [0.25, 0.3) is 11.0 Å². The van der Waals surface area contributed by atoms with E-state index < -0.39 is 0 Å². The van der Waals surface area contributed by atoms with Crippen molar-refractivity contribution in [3.63, 3.8) is 0 Å². The predicted octanol–water partition coefficient (Wildman–Crippen LogP) is 5.24. The van der Waals surface area contributed by atoms with Crippen LogP contribution in [0.5, 0.6) is 17.2 Å². The molecule has 0 spiro atoms. The molecule has 0 aliphatic rings. The molecule has 0 amide bonds. The van der Waals surface area contributed by atoms with Gasteiger partial charge in [-0.05, 0) is 51.1 Å². The Bertz CT molecular complexity index is 964. The van der Waals surface area contributed by atoms with Gasteiger partial charge in [0.2, 0.25) is 11.2 Å². The Morgan fingerprint density at radius 1 is 1.08 bits per heavy atom. The van der Waals surface area contributed by atoms with E-state index in [-0.39, 0.29) is 11.2 Å². The zero-order valence-corrected chi connectivity index (χ0v) is 14.5. The summed E-state index contributed by atoms with van der Waals surface area (Å²) in [6, 6.07) is 14.4. The lowest BCUT2D eigenvalue weighted by atomic mass is 10.2. The number of aryl methyl sites for hydroxylation is 1. The molecule has 0 fully saturated rings. The van der Waals surface area contributed by atoms with E-state index in [0.717, 1.165) is 0 Å². The Balaban J connectivity index is 1.94. The number of rotatable bonds is 5. The van der Waals surface area contributed by atoms with Crippen molar-refractivity contribution < 1.29 is 13.9 Å². The van der Waals surface area contributed by atoms with Crippen LogP contribution in [-0.2, 0) is 0 Å². The molecule has 0 unspecified atom stereocenters. The fourth-order valence-electron chi connectivity index (χ4n) is 2.39. The Hall–Kier alpha value is -3.01. The maximum absolute atomic E-state index is 12.7. The molecule has 0 radical (unpaired) electrons. The van der Waals surface area contributed by atoms with E-state index in [2.05, 4.69) is 0 Å². The Morgan fingerprint density at radius 3 is 2.56 bits per heavy atom. The minimum atomic E-state index is -0.196. The second kappa shape index (κ2) is 7.26. The predicted molar refractivity (Wildman–Crippen MR) is 98.7 cm³/mol. The summed E-state index contributed by atoms with van der Waals surface area (Å²) in [5, 5.41) is 0.464. The molecule has 1 aromatic heterocycles. The number of allylic oxidation sites excluding steroid dienone is 1. The maximum atomic E-state index is 12.7. The number of para-hydroxylation sites is 1. The first kappa shape index (κ1) is 16.8. The van der Waals surface area contributed by atoms with Crippen LogP contribution in [0, 0.1) is 6.92 Å². The van der Waals surface area contributed by atoms with E-state index in [1.807, 2.05) is 38.1 Å². The average molecular weight is 336 g/mol. The summed E-state index contributed by atoms with van der Waals surface area (Å²) in [6.07, 6.45) is 1.99. The van der Waals surface area contributed by atoms with E-state index in [0.29, 0.717) is 34.8 Å². The topological polar surface area (TPSA) is 48.7 Å². The van der Waals surface area contributed by atoms with Crippen molar-refractivity contribution in [2.24, 2.45) is 0 Å². The summed E-state index contributed by atoms with van der Waals surface area (Å²) in [5.74, 6) is 1.89. The van der Waals surface area contributed by atoms with Gasteiger partial charge in [-0.15, -0.1) is 0 Å². The maximum Gasteiger partial charge on any atom is 0.235 e. The summed E-state index contributed by atoms with van der Waals surface area (Å²) in [5.41, 5.74) is 1.47. The molecule has 128 valence electrons. The van der Waals surface area contributed by atoms with Crippen LogP contribution in [0.4, 0.5) is 0 Å². The second-order valence-electron chi connectivity index (χ2n) is 5.98. The molecule has 0 saturated heterocycles. The number of hydrogen-bond acceptors (Lipinski definition) is 4. The third kappa shape index (κ3) is 3.91. The Morgan fingerprint density at radius 2 is 1.84 bits per heavy atom. The largest absolute Gasteiger partial charge is 0.489 e. The minimum absolute atomic E-state index is 0.196. The van der Waals surface area contributed by atoms with Gasteiger partial charge < -0.3 is 13.9 Å². The van der Waals surface area contributed by atoms with Crippen molar-refractivity contribution in [1.82, 2.24) is 0 Å². The molecule has 0 bridgehead atoms. The van der Waals surface area contributed by atoms with Gasteiger partial charge in [-0.1, -0.05) is 23.8 Å². The minimum Gasteiger partial charge on any atom is -0.489 e. The average Bonchev–Trinajstić information content (AvgIpc) is 2.59. The molecule has 0 N–H and O–H groups in total. The standard InChI is InChI=1S/C21H20O4/c1-14(2)11-12-23-17-9-10-18-19(13-17)24-15(3)21(20(18)22)25-16-7-5-4-6-8-16/h4-11,13H,12H2,1-3H3. The molecule has 3 rings (SSSR count). The highest BCUT2D eigenvalue weighted by molar-refractivity contribution is 5.79. The van der Waals surface area contributed by atoms with Crippen LogP contribution in [0.15, 0.2) is 69.4 Å². The van der Waals surface area contributed by atoms with Gasteiger partial charge in [-0.3, -0.25) is 4.79 Å². The normalized spacial score (nSPS) is 10.5. The number of ether oxygens (including phenoxy) is 2. The van der Waals surface area contributed by atoms with E-state index in [1.165, 1.54) is 5.57 Å². The first-order chi connectivity index (χ1) is 12.0. The van der Waals surface area contributed by atoms with Crippen molar-refractivity contribution in [1.29, 1.82) is 0 Å². The second-order valence-corrected chi connectivity index (χ2v) is 5.98. The molecule has 2 aromatic carbocycles. The monoisotopic (exact) mass is 336 g/mol. The SMILES string of the molecule is CC(C)=CCOc1ccc2c(=O)c(Oc3ccccc3)c(C)oc2c1. The van der Waals surface area contributed by atoms with Crippen LogP contribution in [-0.4, -0.2) is 6.61 Å². The third-order valence-corrected chi connectivity index (χ3v) is 3.69. The van der Waals surface area contributed by atoms with Crippen LogP contribution in [0.2, 0.25) is 0 Å². The molecule has 0 aliphatic heterocycles. The highest BCUT2D eigenvalue weighted by Gasteiger charge is 2.14. The van der Waals surface area contributed by atoms with E-state index in [4.69, 9.17) is 13.9 Å². The molecule has 4 heteroatoms. The smallest absolute Gasteiger partial charge is 0.235 e. The van der Waals surface area contributed by atoms with Gasteiger partial charge in [0.25, 0.3) is 0 Å². The molecule has 0 saturated carbocycles. The van der Waals surface area contributed by atoms with Gasteiger partial charge in [-0.2, -0.15) is 0 Å². The fraction of sp³-hybridized carbons (Fsp3) is 0.190. The lowest BCUT2D eigenvalue weighted by Gasteiger charge is -2.10. The van der Waals surface area contributed by atoms with Crippen LogP contribution in [0.1, 0.15) is 19.6 Å². The van der Waals surface area contributed by atoms with Gasteiger partial charge in [0.15, 0.2) is 0 Å². The summed E-state index contributed by atoms with van der Waals surface area (Å²) < 4.78 is 17.2. The van der Waals surface area contributed by atoms with Crippen LogP contribution < -0.4 is 14.9 Å². The molecule has 0 atom stereocenters. The first-order valence-corrected chi connectivity index (χ1v) is 8.11. The van der Waals surface area contributed by atoms with E-state index in [1.54, 1.807) is 37.3 Å². The molecule has 3 aromatic rings. The van der Waals surface area contributed by atoms with Crippen molar-refractivity contribution >= 4 is 11.0 Å². The molecule has 25 heavy (non-hydrogen) atoms. The number of hydrogen-bond donors (Lipinski definition) is 0. The summed E-state index contributed by atoms with van der Waals surface area (Å²) in [4.78, 5) is 12.7. The number of benzene rings is 2. The Kier molecular flexibility index (Phi) is 4.89. The van der Waals surface area contributed by atoms with Gasteiger partial charge >= 0.3 is 0 Å². The van der Waals surface area contributed by atoms with Crippen molar-refractivity contribution in [3.8, 4) is 17.2 Å². The van der Waals surface area contributed by atoms with Crippen molar-refractivity contribution in [3.05, 3.63) is 76.2 Å². The molecule has 0 aliphatic carbocycles. The van der Waals surface area contributed by atoms with Crippen molar-refractivity contribution in [2.45, 2.75) is 20.8 Å². The highest BCUT2D eigenvalue weighted by Crippen LogP contribution is 2.27. The van der Waals surface area contributed by atoms with E-state index >= 15 is 0 Å². The lowest BCUT2D eigenvalue weighted by Crippen LogP contribution is -2.07. The molecular weight excluding hydrogens is 316 g/mol. The molecular formula is C21H20O4. The van der Waals surface area contributed by atoms with Crippen molar-refractivity contribution in [2.75, 3.05) is 6.61 Å². The summed E-state index contributed by atoms with van der Waals surface area (Å²) >= 11 is 0. The number of fused-ring (bicyclic) bond motifs is 1. The molecule has 1 heterocycles. The zero-order chi connectivity index (χ0) is 17.8. The van der Waals surface area contributed by atoms with Gasteiger partial charge in [0.1, 0.15) is 29.4 Å². The van der Waals surface area contributed by atoms with Gasteiger partial charge in [0, 0.05) is 6.07 Å².